The predicted octanol–water partition coefficient (Wildman–Crippen LogP) is 2.27. The fraction of sp³-hybridized carbons (Fsp3) is 0.500. The van der Waals surface area contributed by atoms with Crippen molar-refractivity contribution in [2.24, 2.45) is 5.73 Å². The summed E-state index contributed by atoms with van der Waals surface area (Å²) in [6.07, 6.45) is 1.13. The van der Waals surface area contributed by atoms with Gasteiger partial charge in [-0.05, 0) is 34.0 Å². The number of rotatable bonds is 3. The van der Waals surface area contributed by atoms with Gasteiger partial charge in [0.05, 0.1) is 16.3 Å². The number of methoxy groups -OCH3 is 1. The van der Waals surface area contributed by atoms with Gasteiger partial charge in [0, 0.05) is 26.7 Å². The van der Waals surface area contributed by atoms with Gasteiger partial charge in [-0.2, -0.15) is 0 Å². The fourth-order valence-corrected chi connectivity index (χ4v) is 2.62. The van der Waals surface area contributed by atoms with Gasteiger partial charge in [-0.25, -0.2) is 4.39 Å². The first-order chi connectivity index (χ1) is 8.17. The zero-order valence-corrected chi connectivity index (χ0v) is 11.3. The first-order valence-electron chi connectivity index (χ1n) is 5.62. The summed E-state index contributed by atoms with van der Waals surface area (Å²) in [7, 11) is 1.69. The molecule has 2 N–H and O–H groups in total. The number of ether oxygens (including phenoxy) is 1. The van der Waals surface area contributed by atoms with Crippen LogP contribution in [-0.2, 0) is 11.3 Å². The van der Waals surface area contributed by atoms with Crippen LogP contribution in [0.1, 0.15) is 12.0 Å². The second-order valence-corrected chi connectivity index (χ2v) is 4.96. The molecule has 1 saturated heterocycles. The van der Waals surface area contributed by atoms with Gasteiger partial charge < -0.3 is 15.4 Å². The van der Waals surface area contributed by atoms with Crippen molar-refractivity contribution >= 4 is 21.6 Å². The van der Waals surface area contributed by atoms with Crippen LogP contribution in [0.15, 0.2) is 16.6 Å². The molecule has 0 aromatic heterocycles. The van der Waals surface area contributed by atoms with E-state index in [1.807, 2.05) is 11.0 Å². The lowest BCUT2D eigenvalue weighted by Crippen LogP contribution is -2.23. The number of hydrogen-bond donors (Lipinski definition) is 1. The minimum absolute atomic E-state index is 0.197. The molecule has 0 aliphatic carbocycles. The van der Waals surface area contributed by atoms with E-state index in [0.717, 1.165) is 25.1 Å². The second-order valence-electron chi connectivity index (χ2n) is 4.17. The molecule has 3 nitrogen and oxygen atoms in total. The van der Waals surface area contributed by atoms with E-state index < -0.39 is 0 Å². The summed E-state index contributed by atoms with van der Waals surface area (Å²) >= 11 is 3.26. The lowest BCUT2D eigenvalue weighted by molar-refractivity contribution is 0.121. The average molecular weight is 303 g/mol. The molecule has 0 spiro atoms. The van der Waals surface area contributed by atoms with Crippen LogP contribution in [0.3, 0.4) is 0 Å². The number of nitrogens with zero attached hydrogens (tertiary/aromatic N) is 1. The Balaban J connectivity index is 2.25. The summed E-state index contributed by atoms with van der Waals surface area (Å²) in [5, 5.41) is 0. The van der Waals surface area contributed by atoms with Gasteiger partial charge in [0.15, 0.2) is 5.82 Å². The molecule has 0 saturated carbocycles. The van der Waals surface area contributed by atoms with E-state index in [2.05, 4.69) is 15.9 Å². The summed E-state index contributed by atoms with van der Waals surface area (Å²) in [5.74, 6) is -0.232. The molecular weight excluding hydrogens is 287 g/mol. The van der Waals surface area contributed by atoms with Crippen LogP contribution in [0.5, 0.6) is 0 Å². The van der Waals surface area contributed by atoms with Gasteiger partial charge in [0.1, 0.15) is 0 Å². The molecule has 1 unspecified atom stereocenters. The Morgan fingerprint density at radius 1 is 1.59 bits per heavy atom. The van der Waals surface area contributed by atoms with Crippen LogP contribution in [-0.4, -0.2) is 26.3 Å². The summed E-state index contributed by atoms with van der Waals surface area (Å²) in [4.78, 5) is 2.01. The van der Waals surface area contributed by atoms with Gasteiger partial charge >= 0.3 is 0 Å². The minimum atomic E-state index is -0.232. The average Bonchev–Trinajstić information content (AvgIpc) is 2.81. The Morgan fingerprint density at radius 3 is 2.94 bits per heavy atom. The molecule has 94 valence electrons. The first kappa shape index (κ1) is 12.8. The molecule has 0 amide bonds. The van der Waals surface area contributed by atoms with Gasteiger partial charge in [-0.3, -0.25) is 0 Å². The lowest BCUT2D eigenvalue weighted by Gasteiger charge is -2.20. The van der Waals surface area contributed by atoms with Crippen molar-refractivity contribution < 1.29 is 9.13 Å². The monoisotopic (exact) mass is 302 g/mol. The Morgan fingerprint density at radius 2 is 2.35 bits per heavy atom. The largest absolute Gasteiger partial charge is 0.380 e. The molecule has 0 radical (unpaired) electrons. The number of hydrogen-bond acceptors (Lipinski definition) is 3. The van der Waals surface area contributed by atoms with Crippen LogP contribution >= 0.6 is 15.9 Å². The Bertz CT molecular complexity index is 414. The third kappa shape index (κ3) is 2.46. The standard InChI is InChI=1S/C12H16BrFN2O/c1-17-9-4-5-16(7-9)10-3-2-8(6-15)11(13)12(10)14/h2-3,9H,4-7,15H2,1H3. The molecule has 1 aliphatic rings. The lowest BCUT2D eigenvalue weighted by atomic mass is 10.2. The van der Waals surface area contributed by atoms with Gasteiger partial charge in [0.25, 0.3) is 0 Å². The van der Waals surface area contributed by atoms with Crippen LogP contribution in [0.25, 0.3) is 0 Å². The van der Waals surface area contributed by atoms with Crippen molar-refractivity contribution in [2.75, 3.05) is 25.1 Å². The molecule has 1 fully saturated rings. The zero-order chi connectivity index (χ0) is 12.4. The number of anilines is 1. The highest BCUT2D eigenvalue weighted by Crippen LogP contribution is 2.31. The third-order valence-electron chi connectivity index (χ3n) is 3.18. The number of benzene rings is 1. The quantitative estimate of drug-likeness (QED) is 0.931. The van der Waals surface area contributed by atoms with E-state index in [4.69, 9.17) is 10.5 Å². The number of halogens is 2. The van der Waals surface area contributed by atoms with Gasteiger partial charge in [-0.15, -0.1) is 0 Å². The van der Waals surface area contributed by atoms with Crippen molar-refractivity contribution in [1.82, 2.24) is 0 Å². The van der Waals surface area contributed by atoms with Gasteiger partial charge in [-0.1, -0.05) is 6.07 Å². The summed E-state index contributed by atoms with van der Waals surface area (Å²) in [5.41, 5.74) is 6.94. The molecule has 0 bridgehead atoms. The molecule has 2 rings (SSSR count). The van der Waals surface area contributed by atoms with Crippen molar-refractivity contribution in [1.29, 1.82) is 0 Å². The fourth-order valence-electron chi connectivity index (χ4n) is 2.12. The van der Waals surface area contributed by atoms with E-state index in [1.165, 1.54) is 0 Å². The molecular formula is C12H16BrFN2O. The summed E-state index contributed by atoms with van der Waals surface area (Å²) < 4.78 is 19.9. The number of nitrogens with two attached hydrogens (primary N) is 1. The predicted molar refractivity (Wildman–Crippen MR) is 69.6 cm³/mol. The highest BCUT2D eigenvalue weighted by Gasteiger charge is 2.25. The minimum Gasteiger partial charge on any atom is -0.380 e. The molecule has 1 atom stereocenters. The smallest absolute Gasteiger partial charge is 0.160 e. The van der Waals surface area contributed by atoms with E-state index >= 15 is 0 Å². The van der Waals surface area contributed by atoms with E-state index in [1.54, 1.807) is 13.2 Å². The topological polar surface area (TPSA) is 38.5 Å². The Labute approximate surface area is 109 Å². The third-order valence-corrected chi connectivity index (χ3v) is 4.04. The van der Waals surface area contributed by atoms with Crippen molar-refractivity contribution in [3.05, 3.63) is 28.0 Å². The maximum absolute atomic E-state index is 14.1. The van der Waals surface area contributed by atoms with Crippen LogP contribution in [0.2, 0.25) is 0 Å². The molecule has 17 heavy (non-hydrogen) atoms. The molecule has 5 heteroatoms. The SMILES string of the molecule is COC1CCN(c2ccc(CN)c(Br)c2F)C1. The van der Waals surface area contributed by atoms with Gasteiger partial charge in [0.2, 0.25) is 0 Å². The molecule has 1 aromatic carbocycles. The Hall–Kier alpha value is -0.650. The first-order valence-corrected chi connectivity index (χ1v) is 6.41. The summed E-state index contributed by atoms with van der Waals surface area (Å²) in [6, 6.07) is 3.66. The Kier molecular flexibility index (Phi) is 4.01. The molecule has 1 aliphatic heterocycles. The zero-order valence-electron chi connectivity index (χ0n) is 9.75. The second kappa shape index (κ2) is 5.33. The normalized spacial score (nSPS) is 20.0. The van der Waals surface area contributed by atoms with Crippen molar-refractivity contribution in [3.8, 4) is 0 Å². The van der Waals surface area contributed by atoms with Crippen LogP contribution < -0.4 is 10.6 Å². The van der Waals surface area contributed by atoms with Crippen LogP contribution in [0.4, 0.5) is 10.1 Å². The molecule has 1 aromatic rings. The highest BCUT2D eigenvalue weighted by atomic mass is 79.9. The molecule has 1 heterocycles. The summed E-state index contributed by atoms with van der Waals surface area (Å²) in [6.45, 7) is 1.89. The van der Waals surface area contributed by atoms with Crippen molar-refractivity contribution in [3.63, 3.8) is 0 Å². The maximum atomic E-state index is 14.1. The van der Waals surface area contributed by atoms with E-state index in [-0.39, 0.29) is 11.9 Å². The van der Waals surface area contributed by atoms with E-state index in [0.29, 0.717) is 16.7 Å². The maximum Gasteiger partial charge on any atom is 0.160 e. The highest BCUT2D eigenvalue weighted by molar-refractivity contribution is 9.10. The van der Waals surface area contributed by atoms with E-state index in [9.17, 15) is 4.39 Å². The van der Waals surface area contributed by atoms with Crippen molar-refractivity contribution in [2.45, 2.75) is 19.1 Å². The van der Waals surface area contributed by atoms with Crippen LogP contribution in [0, 0.1) is 5.82 Å².